The van der Waals surface area contributed by atoms with Crippen LogP contribution in [0.25, 0.3) is 0 Å². The molecule has 0 radical (unpaired) electrons. The smallest absolute Gasteiger partial charge is 0.134 e. The molecule has 1 heterocycles. The van der Waals surface area contributed by atoms with Gasteiger partial charge < -0.3 is 5.32 Å². The summed E-state index contributed by atoms with van der Waals surface area (Å²) in [7, 11) is 1.99. The van der Waals surface area contributed by atoms with Gasteiger partial charge in [-0.2, -0.15) is 0 Å². The minimum atomic E-state index is 0.586. The van der Waals surface area contributed by atoms with Crippen molar-refractivity contribution in [3.8, 4) is 0 Å². The van der Waals surface area contributed by atoms with Gasteiger partial charge in [-0.3, -0.25) is 0 Å². The van der Waals surface area contributed by atoms with E-state index in [1.807, 2.05) is 7.05 Å². The first kappa shape index (κ1) is 13.8. The lowest BCUT2D eigenvalue weighted by Gasteiger charge is -2.30. The van der Waals surface area contributed by atoms with Crippen LogP contribution in [0.5, 0.6) is 0 Å². The van der Waals surface area contributed by atoms with E-state index in [9.17, 15) is 0 Å². The second kappa shape index (κ2) is 5.71. The van der Waals surface area contributed by atoms with Crippen LogP contribution in [0.15, 0.2) is 0 Å². The Morgan fingerprint density at radius 1 is 1.05 bits per heavy atom. The molecule has 2 aliphatic carbocycles. The number of rotatable bonds is 3. The number of hydrogen-bond donors (Lipinski definition) is 1. The van der Waals surface area contributed by atoms with Gasteiger partial charge in [-0.05, 0) is 56.8 Å². The van der Waals surface area contributed by atoms with Gasteiger partial charge in [0.15, 0.2) is 0 Å². The van der Waals surface area contributed by atoms with Gasteiger partial charge in [0.05, 0.1) is 0 Å². The van der Waals surface area contributed by atoms with Crippen molar-refractivity contribution in [2.75, 3.05) is 12.4 Å². The highest BCUT2D eigenvalue weighted by Gasteiger charge is 2.28. The predicted octanol–water partition coefficient (Wildman–Crippen LogP) is 3.94. The number of fused-ring (bicyclic) bond motifs is 1. The van der Waals surface area contributed by atoms with Crippen LogP contribution in [0.4, 0.5) is 5.82 Å². The van der Waals surface area contributed by atoms with Crippen LogP contribution in [0, 0.1) is 11.8 Å². The topological polar surface area (TPSA) is 37.8 Å². The monoisotopic (exact) mass is 273 g/mol. The molecule has 0 aliphatic heterocycles. The number of nitrogens with one attached hydrogen (secondary N) is 1. The molecule has 1 aromatic rings. The Labute approximate surface area is 122 Å². The van der Waals surface area contributed by atoms with Crippen LogP contribution in [0.1, 0.15) is 69.0 Å². The molecule has 110 valence electrons. The fraction of sp³-hybridized carbons (Fsp3) is 0.765. The summed E-state index contributed by atoms with van der Waals surface area (Å²) in [4.78, 5) is 9.74. The molecule has 0 aromatic carbocycles. The molecule has 1 fully saturated rings. The summed E-state index contributed by atoms with van der Waals surface area (Å²) in [6, 6.07) is 0. The van der Waals surface area contributed by atoms with Gasteiger partial charge in [0.1, 0.15) is 11.6 Å². The van der Waals surface area contributed by atoms with E-state index in [1.54, 1.807) is 0 Å². The third kappa shape index (κ3) is 2.55. The zero-order valence-electron chi connectivity index (χ0n) is 13.1. The molecule has 0 spiro atoms. The van der Waals surface area contributed by atoms with Gasteiger partial charge in [0.25, 0.3) is 0 Å². The van der Waals surface area contributed by atoms with Crippen molar-refractivity contribution in [1.29, 1.82) is 0 Å². The van der Waals surface area contributed by atoms with Gasteiger partial charge in [-0.1, -0.05) is 13.8 Å². The summed E-state index contributed by atoms with van der Waals surface area (Å²) in [5.41, 5.74) is 2.68. The minimum absolute atomic E-state index is 0.586. The van der Waals surface area contributed by atoms with Crippen molar-refractivity contribution >= 4 is 5.82 Å². The molecule has 1 N–H and O–H groups in total. The molecule has 0 atom stereocenters. The number of nitrogens with zero attached hydrogens (tertiary/aromatic N) is 2. The number of hydrogen-bond acceptors (Lipinski definition) is 3. The van der Waals surface area contributed by atoms with Crippen LogP contribution in [-0.4, -0.2) is 17.0 Å². The Morgan fingerprint density at radius 3 is 2.45 bits per heavy atom. The lowest BCUT2D eigenvalue weighted by atomic mass is 9.76. The van der Waals surface area contributed by atoms with Crippen LogP contribution in [-0.2, 0) is 12.8 Å². The molecular formula is C17H27N3. The van der Waals surface area contributed by atoms with Crippen molar-refractivity contribution in [1.82, 2.24) is 9.97 Å². The molecule has 3 heteroatoms. The van der Waals surface area contributed by atoms with Gasteiger partial charge in [-0.15, -0.1) is 0 Å². The molecule has 0 saturated heterocycles. The first-order chi connectivity index (χ1) is 9.69. The molecule has 2 aliphatic rings. The lowest BCUT2D eigenvalue weighted by Crippen LogP contribution is -2.19. The van der Waals surface area contributed by atoms with Gasteiger partial charge >= 0.3 is 0 Å². The Balaban J connectivity index is 1.78. The standard InChI is InChI=1S/C17H27N3/c1-11(2)12-7-9-13(10-8-12)16-19-15-6-4-5-14(15)17(18-3)20-16/h11-13H,4-10H2,1-3H3,(H,18,19,20). The maximum Gasteiger partial charge on any atom is 0.134 e. The summed E-state index contributed by atoms with van der Waals surface area (Å²) in [6.07, 6.45) is 8.75. The number of anilines is 1. The summed E-state index contributed by atoms with van der Waals surface area (Å²) in [5.74, 6) is 4.52. The Morgan fingerprint density at radius 2 is 1.80 bits per heavy atom. The van der Waals surface area contributed by atoms with Gasteiger partial charge in [0, 0.05) is 24.2 Å². The van der Waals surface area contributed by atoms with Crippen LogP contribution < -0.4 is 5.32 Å². The maximum atomic E-state index is 4.90. The highest BCUT2D eigenvalue weighted by molar-refractivity contribution is 5.48. The van der Waals surface area contributed by atoms with Gasteiger partial charge in [0.2, 0.25) is 0 Å². The molecule has 0 unspecified atom stereocenters. The van der Waals surface area contributed by atoms with Crippen LogP contribution >= 0.6 is 0 Å². The second-order valence-corrected chi connectivity index (χ2v) is 6.81. The molecule has 1 saturated carbocycles. The largest absolute Gasteiger partial charge is 0.373 e. The van der Waals surface area contributed by atoms with E-state index < -0.39 is 0 Å². The minimum Gasteiger partial charge on any atom is -0.373 e. The van der Waals surface area contributed by atoms with E-state index in [0.717, 1.165) is 36.3 Å². The fourth-order valence-corrected chi connectivity index (χ4v) is 3.88. The van der Waals surface area contributed by atoms with E-state index in [-0.39, 0.29) is 0 Å². The quantitative estimate of drug-likeness (QED) is 0.906. The van der Waals surface area contributed by atoms with Gasteiger partial charge in [-0.25, -0.2) is 9.97 Å². The molecule has 1 aromatic heterocycles. The molecule has 0 bridgehead atoms. The molecule has 20 heavy (non-hydrogen) atoms. The first-order valence-corrected chi connectivity index (χ1v) is 8.26. The van der Waals surface area contributed by atoms with E-state index in [4.69, 9.17) is 9.97 Å². The fourth-order valence-electron chi connectivity index (χ4n) is 3.88. The van der Waals surface area contributed by atoms with Crippen molar-refractivity contribution in [3.05, 3.63) is 17.1 Å². The van der Waals surface area contributed by atoms with Crippen molar-refractivity contribution in [2.45, 2.75) is 64.7 Å². The molecule has 3 nitrogen and oxygen atoms in total. The highest BCUT2D eigenvalue weighted by atomic mass is 15.0. The molecule has 0 amide bonds. The summed E-state index contributed by atoms with van der Waals surface area (Å²) < 4.78 is 0. The Hall–Kier alpha value is -1.12. The third-order valence-corrected chi connectivity index (χ3v) is 5.27. The van der Waals surface area contributed by atoms with Crippen LogP contribution in [0.3, 0.4) is 0 Å². The van der Waals surface area contributed by atoms with E-state index in [2.05, 4.69) is 19.2 Å². The summed E-state index contributed by atoms with van der Waals surface area (Å²) in [5, 5.41) is 3.28. The normalized spacial score (nSPS) is 25.8. The molecule has 3 rings (SSSR count). The maximum absolute atomic E-state index is 4.90. The predicted molar refractivity (Wildman–Crippen MR) is 83.1 cm³/mol. The zero-order chi connectivity index (χ0) is 14.1. The SMILES string of the molecule is CNc1nc(C2CCC(C(C)C)CC2)nc2c1CCC2. The first-order valence-electron chi connectivity index (χ1n) is 8.26. The summed E-state index contributed by atoms with van der Waals surface area (Å²) >= 11 is 0. The number of aryl methyl sites for hydroxylation is 1. The van der Waals surface area contributed by atoms with Crippen LogP contribution in [0.2, 0.25) is 0 Å². The van der Waals surface area contributed by atoms with E-state index in [1.165, 1.54) is 43.4 Å². The van der Waals surface area contributed by atoms with E-state index in [0.29, 0.717) is 5.92 Å². The van der Waals surface area contributed by atoms with E-state index >= 15 is 0 Å². The number of aromatic nitrogens is 2. The average Bonchev–Trinajstić information content (AvgIpc) is 2.94. The van der Waals surface area contributed by atoms with Crippen molar-refractivity contribution < 1.29 is 0 Å². The second-order valence-electron chi connectivity index (χ2n) is 6.81. The van der Waals surface area contributed by atoms with Crippen molar-refractivity contribution in [2.24, 2.45) is 11.8 Å². The highest BCUT2D eigenvalue weighted by Crippen LogP contribution is 2.38. The summed E-state index contributed by atoms with van der Waals surface area (Å²) in [6.45, 7) is 4.71. The Bertz CT molecular complexity index is 473. The zero-order valence-corrected chi connectivity index (χ0v) is 13.1. The Kier molecular flexibility index (Phi) is 3.95. The lowest BCUT2D eigenvalue weighted by molar-refractivity contribution is 0.254. The van der Waals surface area contributed by atoms with Crippen molar-refractivity contribution in [3.63, 3.8) is 0 Å². The third-order valence-electron chi connectivity index (χ3n) is 5.27. The molecular weight excluding hydrogens is 246 g/mol. The average molecular weight is 273 g/mol.